The zero-order valence-corrected chi connectivity index (χ0v) is 14.4. The Kier molecular flexibility index (Phi) is 6.09. The second kappa shape index (κ2) is 8.27. The van der Waals surface area contributed by atoms with E-state index in [1.807, 2.05) is 0 Å². The number of nitrogens with one attached hydrogen (secondary N) is 2. The molecule has 0 saturated heterocycles. The number of thiocarbonyl (C=S) groups is 1. The molecule has 10 heteroatoms. The molecule has 2 rings (SSSR count). The van der Waals surface area contributed by atoms with E-state index in [9.17, 15) is 15.2 Å². The van der Waals surface area contributed by atoms with Crippen LogP contribution in [0.2, 0.25) is 5.02 Å². The van der Waals surface area contributed by atoms with Crippen molar-refractivity contribution in [2.24, 2.45) is 5.10 Å². The predicted molar refractivity (Wildman–Crippen MR) is 97.5 cm³/mol. The van der Waals surface area contributed by atoms with Crippen molar-refractivity contribution >= 4 is 46.5 Å². The van der Waals surface area contributed by atoms with Gasteiger partial charge in [-0.05, 0) is 53.9 Å². The van der Waals surface area contributed by atoms with Gasteiger partial charge in [-0.25, -0.2) is 0 Å². The van der Waals surface area contributed by atoms with E-state index in [2.05, 4.69) is 15.8 Å². The van der Waals surface area contributed by atoms with Gasteiger partial charge < -0.3 is 15.2 Å². The SMILES string of the molecule is COc1ccc(NC(=S)N/N=C\c2cc(Cl)cc([N+](=O)[O-])c2[O-])cc1. The molecule has 0 radical (unpaired) electrons. The van der Waals surface area contributed by atoms with Gasteiger partial charge in [0, 0.05) is 16.8 Å². The van der Waals surface area contributed by atoms with Gasteiger partial charge >= 0.3 is 0 Å². The molecule has 0 atom stereocenters. The summed E-state index contributed by atoms with van der Waals surface area (Å²) in [5, 5.41) is 29.6. The number of nitrogens with zero attached hydrogens (tertiary/aromatic N) is 2. The zero-order chi connectivity index (χ0) is 18.4. The second-order valence-corrected chi connectivity index (χ2v) is 5.50. The quantitative estimate of drug-likeness (QED) is 0.355. The molecule has 0 unspecified atom stereocenters. The Morgan fingerprint density at radius 1 is 1.36 bits per heavy atom. The first-order chi connectivity index (χ1) is 11.9. The highest BCUT2D eigenvalue weighted by molar-refractivity contribution is 7.80. The summed E-state index contributed by atoms with van der Waals surface area (Å²) >= 11 is 10.8. The van der Waals surface area contributed by atoms with Crippen molar-refractivity contribution in [2.45, 2.75) is 0 Å². The first-order valence-corrected chi connectivity index (χ1v) is 7.58. The molecule has 0 aliphatic rings. The van der Waals surface area contributed by atoms with E-state index < -0.39 is 16.4 Å². The summed E-state index contributed by atoms with van der Waals surface area (Å²) in [7, 11) is 1.56. The smallest absolute Gasteiger partial charge is 0.263 e. The molecule has 0 heterocycles. The minimum Gasteiger partial charge on any atom is -0.867 e. The summed E-state index contributed by atoms with van der Waals surface area (Å²) < 4.78 is 5.05. The van der Waals surface area contributed by atoms with Crippen LogP contribution in [0.1, 0.15) is 5.56 Å². The van der Waals surface area contributed by atoms with Crippen LogP contribution >= 0.6 is 23.8 Å². The van der Waals surface area contributed by atoms with Crippen molar-refractivity contribution in [3.8, 4) is 11.5 Å². The molecule has 0 aliphatic heterocycles. The number of halogens is 1. The lowest BCUT2D eigenvalue weighted by atomic mass is 10.2. The van der Waals surface area contributed by atoms with Crippen LogP contribution in [0, 0.1) is 10.1 Å². The Morgan fingerprint density at radius 2 is 2.04 bits per heavy atom. The van der Waals surface area contributed by atoms with Gasteiger partial charge in [0.1, 0.15) is 5.75 Å². The average molecular weight is 380 g/mol. The third-order valence-corrected chi connectivity index (χ3v) is 3.39. The predicted octanol–water partition coefficient (Wildman–Crippen LogP) is 2.65. The lowest BCUT2D eigenvalue weighted by molar-refractivity contribution is -0.398. The summed E-state index contributed by atoms with van der Waals surface area (Å²) in [5.74, 6) is -0.0815. The number of benzene rings is 2. The summed E-state index contributed by atoms with van der Waals surface area (Å²) in [4.78, 5) is 10.0. The average Bonchev–Trinajstić information content (AvgIpc) is 2.58. The molecule has 0 spiro atoms. The van der Waals surface area contributed by atoms with Crippen molar-refractivity contribution in [3.63, 3.8) is 0 Å². The first-order valence-electron chi connectivity index (χ1n) is 6.79. The van der Waals surface area contributed by atoms with Gasteiger partial charge in [-0.2, -0.15) is 5.10 Å². The fraction of sp³-hybridized carbons (Fsp3) is 0.0667. The number of hydrazone groups is 1. The Balaban J connectivity index is 2.02. The maximum Gasteiger partial charge on any atom is 0.263 e. The van der Waals surface area contributed by atoms with E-state index in [0.717, 1.165) is 12.3 Å². The van der Waals surface area contributed by atoms with E-state index in [0.29, 0.717) is 11.4 Å². The lowest BCUT2D eigenvalue weighted by Gasteiger charge is -2.11. The summed E-state index contributed by atoms with van der Waals surface area (Å²) in [6.45, 7) is 0. The molecule has 0 saturated carbocycles. The maximum absolute atomic E-state index is 11.9. The standard InChI is InChI=1S/C15H13ClN4O4S/c1-24-12-4-2-11(3-5-12)18-15(25)19-17-8-9-6-10(16)7-13(14(9)21)20(22)23/h2-8,21H,1H3,(H2,18,19,25)/p-1/b17-8-. The minimum atomic E-state index is -0.797. The number of ether oxygens (including phenoxy) is 1. The lowest BCUT2D eigenvalue weighted by Crippen LogP contribution is -2.23. The van der Waals surface area contributed by atoms with Crippen LogP contribution in [0.3, 0.4) is 0 Å². The Bertz CT molecular complexity index is 827. The molecule has 130 valence electrons. The molecular weight excluding hydrogens is 368 g/mol. The van der Waals surface area contributed by atoms with Crippen molar-refractivity contribution < 1.29 is 14.8 Å². The number of nitro benzene ring substituents is 1. The third-order valence-electron chi connectivity index (χ3n) is 2.98. The summed E-state index contributed by atoms with van der Waals surface area (Å²) in [6, 6.07) is 9.29. The van der Waals surface area contributed by atoms with Crippen LogP contribution in [0.25, 0.3) is 0 Å². The van der Waals surface area contributed by atoms with E-state index in [4.69, 9.17) is 28.6 Å². The minimum absolute atomic E-state index is 0.0288. The number of methoxy groups -OCH3 is 1. The fourth-order valence-electron chi connectivity index (χ4n) is 1.83. The van der Waals surface area contributed by atoms with Gasteiger partial charge in [-0.15, -0.1) is 0 Å². The molecule has 8 nitrogen and oxygen atoms in total. The molecule has 0 amide bonds. The van der Waals surface area contributed by atoms with E-state index >= 15 is 0 Å². The van der Waals surface area contributed by atoms with E-state index in [1.165, 1.54) is 6.07 Å². The number of nitro groups is 1. The van der Waals surface area contributed by atoms with Crippen LogP contribution in [-0.2, 0) is 0 Å². The zero-order valence-electron chi connectivity index (χ0n) is 12.9. The Labute approximate surface area is 153 Å². The van der Waals surface area contributed by atoms with Crippen LogP contribution in [-0.4, -0.2) is 23.4 Å². The molecule has 25 heavy (non-hydrogen) atoms. The Hall–Kier alpha value is -2.91. The van der Waals surface area contributed by atoms with Gasteiger partial charge in [0.25, 0.3) is 5.69 Å². The molecular formula is C15H12ClN4O4S-. The number of rotatable bonds is 5. The second-order valence-electron chi connectivity index (χ2n) is 4.65. The van der Waals surface area contributed by atoms with Crippen LogP contribution in [0.4, 0.5) is 11.4 Å². The third kappa shape index (κ3) is 5.03. The number of hydrogen-bond acceptors (Lipinski definition) is 6. The monoisotopic (exact) mass is 379 g/mol. The normalized spacial score (nSPS) is 10.5. The highest BCUT2D eigenvalue weighted by Crippen LogP contribution is 2.29. The summed E-state index contributed by atoms with van der Waals surface area (Å²) in [5.41, 5.74) is 2.57. The van der Waals surface area contributed by atoms with Crippen molar-refractivity contribution in [3.05, 3.63) is 57.1 Å². The molecule has 2 N–H and O–H groups in total. The molecule has 0 fully saturated rings. The van der Waals surface area contributed by atoms with E-state index in [-0.39, 0.29) is 15.7 Å². The maximum atomic E-state index is 11.9. The van der Waals surface area contributed by atoms with Gasteiger partial charge in [0.2, 0.25) is 0 Å². The van der Waals surface area contributed by atoms with Crippen molar-refractivity contribution in [2.75, 3.05) is 12.4 Å². The molecule has 0 bridgehead atoms. The first kappa shape index (κ1) is 18.4. The Morgan fingerprint density at radius 3 is 2.64 bits per heavy atom. The van der Waals surface area contributed by atoms with Crippen molar-refractivity contribution in [1.29, 1.82) is 0 Å². The fourth-order valence-corrected chi connectivity index (χ4v) is 2.22. The molecule has 2 aromatic carbocycles. The largest absolute Gasteiger partial charge is 0.867 e. The van der Waals surface area contributed by atoms with Gasteiger partial charge in [0.05, 0.1) is 18.2 Å². The van der Waals surface area contributed by atoms with Crippen molar-refractivity contribution in [1.82, 2.24) is 5.43 Å². The van der Waals surface area contributed by atoms with Gasteiger partial charge in [-0.1, -0.05) is 11.6 Å². The van der Waals surface area contributed by atoms with Crippen LogP contribution in [0.5, 0.6) is 11.5 Å². The van der Waals surface area contributed by atoms with Gasteiger partial charge in [0.15, 0.2) is 5.11 Å². The summed E-state index contributed by atoms with van der Waals surface area (Å²) in [6.07, 6.45) is 1.11. The van der Waals surface area contributed by atoms with Crippen LogP contribution in [0.15, 0.2) is 41.5 Å². The highest BCUT2D eigenvalue weighted by Gasteiger charge is 2.11. The van der Waals surface area contributed by atoms with Crippen LogP contribution < -0.4 is 20.6 Å². The molecule has 0 aliphatic carbocycles. The van der Waals surface area contributed by atoms with E-state index in [1.54, 1.807) is 31.4 Å². The highest BCUT2D eigenvalue weighted by atomic mass is 35.5. The molecule has 2 aromatic rings. The van der Waals surface area contributed by atoms with Gasteiger partial charge in [-0.3, -0.25) is 15.5 Å². The molecule has 0 aromatic heterocycles. The topological polar surface area (TPSA) is 112 Å². The number of anilines is 1. The number of hydrogen-bond donors (Lipinski definition) is 2.